The molecular weight excluding hydrogens is 333 g/mol. The number of hydrogen-bond acceptors (Lipinski definition) is 1. The second-order valence-corrected chi connectivity index (χ2v) is 5.97. The van der Waals surface area contributed by atoms with Crippen LogP contribution in [0.2, 0.25) is 5.02 Å². The third-order valence-electron chi connectivity index (χ3n) is 2.97. The summed E-state index contributed by atoms with van der Waals surface area (Å²) in [5.41, 5.74) is 0.253. The number of nitrogens with one attached hydrogen (secondary N) is 1. The second-order valence-electron chi connectivity index (χ2n) is 4.77. The summed E-state index contributed by atoms with van der Waals surface area (Å²) in [5.74, 6) is -0.312. The Morgan fingerprint density at radius 3 is 2.68 bits per heavy atom. The van der Waals surface area contributed by atoms with Crippen LogP contribution in [0.3, 0.4) is 0 Å². The summed E-state index contributed by atoms with van der Waals surface area (Å²) in [6, 6.07) is 4.51. The molecular formula is C14H18BrClFNO. The first kappa shape index (κ1) is 16.4. The first-order valence-corrected chi connectivity index (χ1v) is 7.73. The van der Waals surface area contributed by atoms with Crippen LogP contribution in [0.5, 0.6) is 0 Å². The minimum Gasteiger partial charge on any atom is -0.353 e. The topological polar surface area (TPSA) is 29.1 Å². The molecule has 1 atom stereocenters. The van der Waals surface area contributed by atoms with Crippen molar-refractivity contribution < 1.29 is 9.18 Å². The highest BCUT2D eigenvalue weighted by Crippen LogP contribution is 2.19. The van der Waals surface area contributed by atoms with Crippen LogP contribution >= 0.6 is 27.5 Å². The Morgan fingerprint density at radius 1 is 1.47 bits per heavy atom. The lowest BCUT2D eigenvalue weighted by molar-refractivity contribution is -0.121. The maximum atomic E-state index is 13.6. The highest BCUT2D eigenvalue weighted by Gasteiger charge is 2.17. The summed E-state index contributed by atoms with van der Waals surface area (Å²) < 4.78 is 13.6. The first-order chi connectivity index (χ1) is 8.95. The van der Waals surface area contributed by atoms with E-state index in [1.165, 1.54) is 12.1 Å². The van der Waals surface area contributed by atoms with Gasteiger partial charge in [0.2, 0.25) is 5.91 Å². The number of halogens is 3. The normalized spacial score (nSPS) is 12.5. The SMILES string of the molecule is CC(C)C(CCBr)NC(=O)Cc1c(F)cccc1Cl. The number of amides is 1. The number of carbonyl (C=O) groups is 1. The van der Waals surface area contributed by atoms with E-state index >= 15 is 0 Å². The van der Waals surface area contributed by atoms with E-state index in [4.69, 9.17) is 11.6 Å². The Kier molecular flexibility index (Phi) is 6.80. The van der Waals surface area contributed by atoms with E-state index in [0.29, 0.717) is 5.92 Å². The molecule has 5 heteroatoms. The number of rotatable bonds is 6. The standard InChI is InChI=1S/C14H18BrClFNO/c1-9(2)13(6-7-15)18-14(19)8-10-11(16)4-3-5-12(10)17/h3-5,9,13H,6-8H2,1-2H3,(H,18,19). The highest BCUT2D eigenvalue weighted by molar-refractivity contribution is 9.09. The van der Waals surface area contributed by atoms with Crippen LogP contribution in [-0.4, -0.2) is 17.3 Å². The molecule has 19 heavy (non-hydrogen) atoms. The van der Waals surface area contributed by atoms with Gasteiger partial charge in [0.25, 0.3) is 0 Å². The maximum absolute atomic E-state index is 13.6. The fourth-order valence-electron chi connectivity index (χ4n) is 1.81. The Hall–Kier alpha value is -0.610. The zero-order valence-corrected chi connectivity index (χ0v) is 13.4. The first-order valence-electron chi connectivity index (χ1n) is 6.24. The molecule has 0 fully saturated rings. The largest absolute Gasteiger partial charge is 0.353 e. The Balaban J connectivity index is 2.69. The third-order valence-corrected chi connectivity index (χ3v) is 3.78. The van der Waals surface area contributed by atoms with Gasteiger partial charge in [-0.25, -0.2) is 4.39 Å². The molecule has 0 aromatic heterocycles. The number of hydrogen-bond donors (Lipinski definition) is 1. The van der Waals surface area contributed by atoms with Crippen LogP contribution < -0.4 is 5.32 Å². The van der Waals surface area contributed by atoms with Crippen molar-refractivity contribution in [2.75, 3.05) is 5.33 Å². The van der Waals surface area contributed by atoms with Gasteiger partial charge in [-0.2, -0.15) is 0 Å². The molecule has 1 amide bonds. The molecule has 0 aliphatic rings. The summed E-state index contributed by atoms with van der Waals surface area (Å²) in [5, 5.41) is 4.03. The van der Waals surface area contributed by atoms with Crippen molar-refractivity contribution in [2.24, 2.45) is 5.92 Å². The van der Waals surface area contributed by atoms with Crippen LogP contribution in [0.1, 0.15) is 25.8 Å². The molecule has 1 aromatic rings. The molecule has 0 heterocycles. The van der Waals surface area contributed by atoms with Gasteiger partial charge in [-0.1, -0.05) is 47.4 Å². The quantitative estimate of drug-likeness (QED) is 0.773. The monoisotopic (exact) mass is 349 g/mol. The van der Waals surface area contributed by atoms with Crippen LogP contribution in [0.4, 0.5) is 4.39 Å². The van der Waals surface area contributed by atoms with Crippen LogP contribution in [-0.2, 0) is 11.2 Å². The zero-order chi connectivity index (χ0) is 14.4. The molecule has 1 N–H and O–H groups in total. The van der Waals surface area contributed by atoms with Gasteiger partial charge in [-0.15, -0.1) is 0 Å². The lowest BCUT2D eigenvalue weighted by atomic mass is 10.0. The third kappa shape index (κ3) is 5.11. The van der Waals surface area contributed by atoms with Gasteiger partial charge in [0.1, 0.15) is 5.82 Å². The van der Waals surface area contributed by atoms with Crippen LogP contribution in [0, 0.1) is 11.7 Å². The van der Waals surface area contributed by atoms with E-state index < -0.39 is 5.82 Å². The second kappa shape index (κ2) is 7.85. The van der Waals surface area contributed by atoms with Gasteiger partial charge in [-0.05, 0) is 24.5 Å². The van der Waals surface area contributed by atoms with E-state index in [1.54, 1.807) is 6.07 Å². The average Bonchev–Trinajstić information content (AvgIpc) is 2.33. The van der Waals surface area contributed by atoms with Gasteiger partial charge in [-0.3, -0.25) is 4.79 Å². The van der Waals surface area contributed by atoms with Crippen molar-refractivity contribution in [3.8, 4) is 0 Å². The van der Waals surface area contributed by atoms with Gasteiger partial charge in [0.15, 0.2) is 0 Å². The predicted octanol–water partition coefficient (Wildman–Crippen LogP) is 3.95. The van der Waals surface area contributed by atoms with Crippen molar-refractivity contribution in [2.45, 2.75) is 32.7 Å². The van der Waals surface area contributed by atoms with E-state index in [9.17, 15) is 9.18 Å². The van der Waals surface area contributed by atoms with Crippen molar-refractivity contribution >= 4 is 33.4 Å². The summed E-state index contributed by atoms with van der Waals surface area (Å²) in [7, 11) is 0. The molecule has 1 unspecified atom stereocenters. The highest BCUT2D eigenvalue weighted by atomic mass is 79.9. The molecule has 0 radical (unpaired) electrons. The number of carbonyl (C=O) groups excluding carboxylic acids is 1. The van der Waals surface area contributed by atoms with Gasteiger partial charge < -0.3 is 5.32 Å². The van der Waals surface area contributed by atoms with E-state index in [0.717, 1.165) is 11.8 Å². The molecule has 0 saturated heterocycles. The molecule has 1 aromatic carbocycles. The molecule has 0 saturated carbocycles. The molecule has 0 aliphatic carbocycles. The summed E-state index contributed by atoms with van der Waals surface area (Å²) >= 11 is 9.27. The molecule has 0 bridgehead atoms. The zero-order valence-electron chi connectivity index (χ0n) is 11.1. The van der Waals surface area contributed by atoms with Crippen molar-refractivity contribution in [1.29, 1.82) is 0 Å². The van der Waals surface area contributed by atoms with Crippen molar-refractivity contribution in [1.82, 2.24) is 5.32 Å². The molecule has 2 nitrogen and oxygen atoms in total. The number of alkyl halides is 1. The summed E-state index contributed by atoms with van der Waals surface area (Å²) in [4.78, 5) is 12.0. The minimum atomic E-state index is -0.441. The van der Waals surface area contributed by atoms with E-state index in [-0.39, 0.29) is 29.0 Å². The predicted molar refractivity (Wildman–Crippen MR) is 80.3 cm³/mol. The molecule has 0 spiro atoms. The van der Waals surface area contributed by atoms with Crippen LogP contribution in [0.25, 0.3) is 0 Å². The molecule has 106 valence electrons. The van der Waals surface area contributed by atoms with Crippen LogP contribution in [0.15, 0.2) is 18.2 Å². The smallest absolute Gasteiger partial charge is 0.224 e. The lowest BCUT2D eigenvalue weighted by Gasteiger charge is -2.21. The Morgan fingerprint density at radius 2 is 2.16 bits per heavy atom. The molecule has 0 aliphatic heterocycles. The van der Waals surface area contributed by atoms with Gasteiger partial charge in [0, 0.05) is 22.0 Å². The van der Waals surface area contributed by atoms with E-state index in [1.807, 2.05) is 13.8 Å². The number of benzene rings is 1. The van der Waals surface area contributed by atoms with Gasteiger partial charge >= 0.3 is 0 Å². The van der Waals surface area contributed by atoms with Crippen molar-refractivity contribution in [3.63, 3.8) is 0 Å². The Labute approximate surface area is 126 Å². The average molecular weight is 351 g/mol. The fraction of sp³-hybridized carbons (Fsp3) is 0.500. The summed E-state index contributed by atoms with van der Waals surface area (Å²) in [6.07, 6.45) is 0.811. The van der Waals surface area contributed by atoms with Gasteiger partial charge in [0.05, 0.1) is 6.42 Å². The fourth-order valence-corrected chi connectivity index (χ4v) is 2.53. The molecule has 1 rings (SSSR count). The minimum absolute atomic E-state index is 0.0307. The maximum Gasteiger partial charge on any atom is 0.224 e. The van der Waals surface area contributed by atoms with E-state index in [2.05, 4.69) is 21.2 Å². The lowest BCUT2D eigenvalue weighted by Crippen LogP contribution is -2.39. The summed E-state index contributed by atoms with van der Waals surface area (Å²) in [6.45, 7) is 4.09. The Bertz CT molecular complexity index is 419. The van der Waals surface area contributed by atoms with Crippen molar-refractivity contribution in [3.05, 3.63) is 34.6 Å².